The molecule has 19 heavy (non-hydrogen) atoms. The van der Waals surface area contributed by atoms with Crippen molar-refractivity contribution in [2.24, 2.45) is 5.84 Å². The lowest BCUT2D eigenvalue weighted by molar-refractivity contribution is 0.0957. The lowest BCUT2D eigenvalue weighted by Gasteiger charge is -2.02. The number of thiophene rings is 1. The molecule has 3 N–H and O–H groups in total. The Balaban J connectivity index is 2.03. The van der Waals surface area contributed by atoms with E-state index in [1.54, 1.807) is 16.9 Å². The van der Waals surface area contributed by atoms with Crippen LogP contribution < -0.4 is 16.0 Å². The monoisotopic (exact) mass is 280 g/mol. The van der Waals surface area contributed by atoms with Crippen molar-refractivity contribution >= 4 is 17.2 Å². The summed E-state index contributed by atoms with van der Waals surface area (Å²) < 4.78 is 7.44. The summed E-state index contributed by atoms with van der Waals surface area (Å²) >= 11 is 1.40. The Morgan fingerprint density at radius 3 is 3.05 bits per heavy atom. The standard InChI is InChI=1S/C12H16N4O2S/c1-3-16-6-10(5-14-16)18-7-9-4-11(12(17)15-13)19-8(9)2/h4-6H,3,7,13H2,1-2H3,(H,15,17). The van der Waals surface area contributed by atoms with Gasteiger partial charge in [-0.2, -0.15) is 5.10 Å². The Morgan fingerprint density at radius 2 is 2.42 bits per heavy atom. The molecule has 2 rings (SSSR count). The van der Waals surface area contributed by atoms with E-state index in [9.17, 15) is 4.79 Å². The van der Waals surface area contributed by atoms with E-state index in [4.69, 9.17) is 10.6 Å². The number of nitrogens with zero attached hydrogens (tertiary/aromatic N) is 2. The summed E-state index contributed by atoms with van der Waals surface area (Å²) in [6.45, 7) is 5.18. The molecule has 0 radical (unpaired) electrons. The highest BCUT2D eigenvalue weighted by molar-refractivity contribution is 7.14. The molecule has 6 nitrogen and oxygen atoms in total. The van der Waals surface area contributed by atoms with Crippen LogP contribution in [0.5, 0.6) is 5.75 Å². The second-order valence-electron chi connectivity index (χ2n) is 3.99. The molecule has 2 aromatic rings. The van der Waals surface area contributed by atoms with Gasteiger partial charge in [-0.25, -0.2) is 5.84 Å². The second-order valence-corrected chi connectivity index (χ2v) is 5.24. The van der Waals surface area contributed by atoms with E-state index >= 15 is 0 Å². The minimum absolute atomic E-state index is 0.279. The molecule has 0 fully saturated rings. The topological polar surface area (TPSA) is 82.2 Å². The molecule has 7 heteroatoms. The molecule has 0 saturated carbocycles. The molecule has 0 bridgehead atoms. The van der Waals surface area contributed by atoms with Crippen molar-refractivity contribution in [2.75, 3.05) is 0 Å². The van der Waals surface area contributed by atoms with E-state index in [1.165, 1.54) is 11.3 Å². The van der Waals surface area contributed by atoms with Gasteiger partial charge < -0.3 is 4.74 Å². The normalized spacial score (nSPS) is 10.5. The number of aryl methyl sites for hydroxylation is 2. The Morgan fingerprint density at radius 1 is 1.63 bits per heavy atom. The summed E-state index contributed by atoms with van der Waals surface area (Å²) in [7, 11) is 0. The number of rotatable bonds is 5. The molecule has 0 atom stereocenters. The lowest BCUT2D eigenvalue weighted by Crippen LogP contribution is -2.29. The number of aromatic nitrogens is 2. The molecule has 1 amide bonds. The number of amides is 1. The van der Waals surface area contributed by atoms with Crippen molar-refractivity contribution < 1.29 is 9.53 Å². The number of hydrazine groups is 1. The van der Waals surface area contributed by atoms with Gasteiger partial charge in [0.15, 0.2) is 5.75 Å². The Kier molecular flexibility index (Phi) is 4.18. The van der Waals surface area contributed by atoms with Crippen LogP contribution in [0.25, 0.3) is 0 Å². The fourth-order valence-electron chi connectivity index (χ4n) is 1.60. The maximum Gasteiger partial charge on any atom is 0.275 e. The van der Waals surface area contributed by atoms with Crippen LogP contribution in [0.15, 0.2) is 18.5 Å². The van der Waals surface area contributed by atoms with E-state index in [-0.39, 0.29) is 5.91 Å². The highest BCUT2D eigenvalue weighted by Gasteiger charge is 2.12. The smallest absolute Gasteiger partial charge is 0.275 e. The lowest BCUT2D eigenvalue weighted by atomic mass is 10.2. The molecule has 0 aliphatic heterocycles. The molecular formula is C12H16N4O2S. The van der Waals surface area contributed by atoms with E-state index in [0.29, 0.717) is 11.5 Å². The summed E-state index contributed by atoms with van der Waals surface area (Å²) in [4.78, 5) is 13.0. The first-order valence-corrected chi connectivity index (χ1v) is 6.71. The predicted molar refractivity (Wildman–Crippen MR) is 72.9 cm³/mol. The molecule has 0 spiro atoms. The first kappa shape index (κ1) is 13.6. The van der Waals surface area contributed by atoms with Crippen LogP contribution in [0.2, 0.25) is 0 Å². The third kappa shape index (κ3) is 3.12. The zero-order chi connectivity index (χ0) is 13.8. The van der Waals surface area contributed by atoms with E-state index in [2.05, 4.69) is 10.5 Å². The van der Waals surface area contributed by atoms with Gasteiger partial charge in [0.1, 0.15) is 6.61 Å². The third-order valence-corrected chi connectivity index (χ3v) is 3.79. The molecule has 2 aromatic heterocycles. The van der Waals surface area contributed by atoms with E-state index < -0.39 is 0 Å². The minimum Gasteiger partial charge on any atom is -0.486 e. The van der Waals surface area contributed by atoms with Gasteiger partial charge in [-0.05, 0) is 19.9 Å². The number of nitrogens with one attached hydrogen (secondary N) is 1. The van der Waals surface area contributed by atoms with Crippen LogP contribution in [0.4, 0.5) is 0 Å². The van der Waals surface area contributed by atoms with Crippen molar-refractivity contribution in [3.8, 4) is 5.75 Å². The van der Waals surface area contributed by atoms with Crippen molar-refractivity contribution in [1.29, 1.82) is 0 Å². The van der Waals surface area contributed by atoms with Gasteiger partial charge in [-0.15, -0.1) is 11.3 Å². The van der Waals surface area contributed by atoms with Crippen LogP contribution in [0.1, 0.15) is 27.0 Å². The number of ether oxygens (including phenoxy) is 1. The second kappa shape index (κ2) is 5.85. The first-order chi connectivity index (χ1) is 9.13. The SMILES string of the molecule is CCn1cc(OCc2cc(C(=O)NN)sc2C)cn1. The summed E-state index contributed by atoms with van der Waals surface area (Å²) in [6.07, 6.45) is 3.52. The highest BCUT2D eigenvalue weighted by atomic mass is 32.1. The van der Waals surface area contributed by atoms with Crippen LogP contribution in [-0.4, -0.2) is 15.7 Å². The fraction of sp³-hybridized carbons (Fsp3) is 0.333. The summed E-state index contributed by atoms with van der Waals surface area (Å²) in [5.74, 6) is 5.55. The van der Waals surface area contributed by atoms with Gasteiger partial charge in [-0.3, -0.25) is 14.9 Å². The van der Waals surface area contributed by atoms with Crippen LogP contribution in [-0.2, 0) is 13.2 Å². The largest absolute Gasteiger partial charge is 0.486 e. The molecular weight excluding hydrogens is 264 g/mol. The van der Waals surface area contributed by atoms with Gasteiger partial charge >= 0.3 is 0 Å². The van der Waals surface area contributed by atoms with Gasteiger partial charge in [0.25, 0.3) is 5.91 Å². The van der Waals surface area contributed by atoms with Gasteiger partial charge in [0.2, 0.25) is 0 Å². The van der Waals surface area contributed by atoms with Crippen molar-refractivity contribution in [3.63, 3.8) is 0 Å². The van der Waals surface area contributed by atoms with Gasteiger partial charge in [-0.1, -0.05) is 0 Å². The van der Waals surface area contributed by atoms with Crippen LogP contribution >= 0.6 is 11.3 Å². The van der Waals surface area contributed by atoms with Crippen LogP contribution in [0, 0.1) is 6.92 Å². The molecule has 0 aliphatic carbocycles. The summed E-state index contributed by atoms with van der Waals surface area (Å²) in [6, 6.07) is 1.80. The molecule has 0 unspecified atom stereocenters. The predicted octanol–water partition coefficient (Wildman–Crippen LogP) is 1.46. The maximum atomic E-state index is 11.4. The van der Waals surface area contributed by atoms with Gasteiger partial charge in [0, 0.05) is 17.0 Å². The van der Waals surface area contributed by atoms with Crippen molar-refractivity contribution in [2.45, 2.75) is 27.0 Å². The molecule has 0 aromatic carbocycles. The maximum absolute atomic E-state index is 11.4. The average molecular weight is 280 g/mol. The third-order valence-electron chi connectivity index (χ3n) is 2.70. The molecule has 0 saturated heterocycles. The van der Waals surface area contributed by atoms with Crippen LogP contribution in [0.3, 0.4) is 0 Å². The Bertz CT molecular complexity index is 576. The fourth-order valence-corrected chi connectivity index (χ4v) is 2.53. The van der Waals surface area contributed by atoms with E-state index in [0.717, 1.165) is 22.7 Å². The molecule has 2 heterocycles. The minimum atomic E-state index is -0.279. The summed E-state index contributed by atoms with van der Waals surface area (Å²) in [5.41, 5.74) is 3.10. The number of carbonyl (C=O) groups is 1. The summed E-state index contributed by atoms with van der Waals surface area (Å²) in [5, 5.41) is 4.13. The molecule has 0 aliphatic rings. The van der Waals surface area contributed by atoms with Gasteiger partial charge in [0.05, 0.1) is 17.3 Å². The zero-order valence-corrected chi connectivity index (χ0v) is 11.7. The number of hydrogen-bond donors (Lipinski definition) is 2. The zero-order valence-electron chi connectivity index (χ0n) is 10.8. The highest BCUT2D eigenvalue weighted by Crippen LogP contribution is 2.23. The quantitative estimate of drug-likeness (QED) is 0.493. The van der Waals surface area contributed by atoms with E-state index in [1.807, 2.05) is 20.0 Å². The molecule has 102 valence electrons. The Hall–Kier alpha value is -1.86. The Labute approximate surface area is 115 Å². The average Bonchev–Trinajstić information content (AvgIpc) is 3.02. The number of nitrogen functional groups attached to an aromatic ring is 1. The number of carbonyl (C=O) groups excluding carboxylic acids is 1. The van der Waals surface area contributed by atoms with Crippen molar-refractivity contribution in [1.82, 2.24) is 15.2 Å². The van der Waals surface area contributed by atoms with Crippen molar-refractivity contribution in [3.05, 3.63) is 33.8 Å². The first-order valence-electron chi connectivity index (χ1n) is 5.89. The number of nitrogens with two attached hydrogens (primary N) is 1. The number of hydrogen-bond acceptors (Lipinski definition) is 5.